The van der Waals surface area contributed by atoms with Crippen molar-refractivity contribution in [2.75, 3.05) is 24.1 Å². The first-order valence-electron chi connectivity index (χ1n) is 6.89. The first-order valence-corrected chi connectivity index (χ1v) is 8.78. The van der Waals surface area contributed by atoms with Crippen LogP contribution in [0.2, 0.25) is 0 Å². The zero-order valence-electron chi connectivity index (χ0n) is 11.9. The molecular weight excluding hydrogens is 292 g/mol. The molecule has 2 rings (SSSR count). The molecule has 1 aliphatic rings. The molecule has 1 atom stereocenters. The smallest absolute Gasteiger partial charge is 0.317 e. The van der Waals surface area contributed by atoms with Crippen LogP contribution in [0, 0.1) is 0 Å². The Morgan fingerprint density at radius 1 is 1.33 bits per heavy atom. The summed E-state index contributed by atoms with van der Waals surface area (Å²) in [5.74, 6) is -0.822. The molecule has 2 N–H and O–H groups in total. The SMILES string of the molecule is CS(=O)(=O)Nc1ccc(C2CCCCN2CC(=O)O)cc1. The van der Waals surface area contributed by atoms with Gasteiger partial charge in [-0.2, -0.15) is 0 Å². The summed E-state index contributed by atoms with van der Waals surface area (Å²) in [6, 6.07) is 7.23. The zero-order valence-corrected chi connectivity index (χ0v) is 12.8. The molecule has 116 valence electrons. The molecule has 1 aliphatic heterocycles. The number of benzene rings is 1. The van der Waals surface area contributed by atoms with Gasteiger partial charge >= 0.3 is 5.97 Å². The van der Waals surface area contributed by atoms with Crippen LogP contribution in [0.4, 0.5) is 5.69 Å². The molecule has 1 aromatic carbocycles. The van der Waals surface area contributed by atoms with Gasteiger partial charge in [-0.25, -0.2) is 8.42 Å². The van der Waals surface area contributed by atoms with E-state index < -0.39 is 16.0 Å². The Balaban J connectivity index is 2.13. The number of hydrogen-bond acceptors (Lipinski definition) is 4. The molecule has 7 heteroatoms. The number of sulfonamides is 1. The van der Waals surface area contributed by atoms with Gasteiger partial charge in [0.05, 0.1) is 12.8 Å². The molecule has 0 spiro atoms. The lowest BCUT2D eigenvalue weighted by Crippen LogP contribution is -2.37. The van der Waals surface area contributed by atoms with Crippen LogP contribution in [-0.4, -0.2) is 43.7 Å². The van der Waals surface area contributed by atoms with Crippen LogP contribution in [0.15, 0.2) is 24.3 Å². The molecule has 0 saturated carbocycles. The lowest BCUT2D eigenvalue weighted by Gasteiger charge is -2.34. The zero-order chi connectivity index (χ0) is 15.5. The van der Waals surface area contributed by atoms with Gasteiger partial charge in [0.25, 0.3) is 0 Å². The molecule has 21 heavy (non-hydrogen) atoms. The molecular formula is C14H20N2O4S. The van der Waals surface area contributed by atoms with Gasteiger partial charge in [0.15, 0.2) is 0 Å². The number of carboxylic acids is 1. The van der Waals surface area contributed by atoms with E-state index in [4.69, 9.17) is 5.11 Å². The highest BCUT2D eigenvalue weighted by atomic mass is 32.2. The summed E-state index contributed by atoms with van der Waals surface area (Å²) in [5.41, 5.74) is 1.54. The second-order valence-corrected chi connectivity index (χ2v) is 7.12. The Labute approximate surface area is 124 Å². The summed E-state index contributed by atoms with van der Waals surface area (Å²) in [7, 11) is -3.28. The fourth-order valence-electron chi connectivity index (χ4n) is 2.72. The van der Waals surface area contributed by atoms with E-state index in [-0.39, 0.29) is 12.6 Å². The van der Waals surface area contributed by atoms with E-state index in [2.05, 4.69) is 4.72 Å². The molecule has 0 amide bonds. The molecule has 6 nitrogen and oxygen atoms in total. The predicted molar refractivity (Wildman–Crippen MR) is 80.7 cm³/mol. The number of nitrogens with one attached hydrogen (secondary N) is 1. The fraction of sp³-hybridized carbons (Fsp3) is 0.500. The van der Waals surface area contributed by atoms with E-state index in [1.807, 2.05) is 17.0 Å². The van der Waals surface area contributed by atoms with Gasteiger partial charge in [0.1, 0.15) is 0 Å². The van der Waals surface area contributed by atoms with E-state index in [1.54, 1.807) is 12.1 Å². The lowest BCUT2D eigenvalue weighted by atomic mass is 9.95. The van der Waals surface area contributed by atoms with Crippen molar-refractivity contribution in [2.24, 2.45) is 0 Å². The minimum absolute atomic E-state index is 0.0357. The Kier molecular flexibility index (Phi) is 4.84. The molecule has 1 saturated heterocycles. The van der Waals surface area contributed by atoms with Gasteiger partial charge in [-0.15, -0.1) is 0 Å². The average molecular weight is 312 g/mol. The molecule has 1 aromatic rings. The number of aliphatic carboxylic acids is 1. The molecule has 1 fully saturated rings. The summed E-state index contributed by atoms with van der Waals surface area (Å²) in [5, 5.41) is 8.98. The van der Waals surface area contributed by atoms with Gasteiger partial charge in [-0.1, -0.05) is 18.6 Å². The van der Waals surface area contributed by atoms with Crippen molar-refractivity contribution in [3.63, 3.8) is 0 Å². The van der Waals surface area contributed by atoms with E-state index in [0.717, 1.165) is 37.6 Å². The van der Waals surface area contributed by atoms with Crippen LogP contribution in [0.3, 0.4) is 0 Å². The maximum Gasteiger partial charge on any atom is 0.317 e. The second-order valence-electron chi connectivity index (χ2n) is 5.37. The molecule has 0 aromatic heterocycles. The van der Waals surface area contributed by atoms with Gasteiger partial charge in [-0.05, 0) is 37.1 Å². The maximum atomic E-state index is 11.2. The number of piperidine rings is 1. The van der Waals surface area contributed by atoms with Gasteiger partial charge in [-0.3, -0.25) is 14.4 Å². The number of carboxylic acid groups (broad SMARTS) is 1. The van der Waals surface area contributed by atoms with Crippen molar-refractivity contribution in [1.82, 2.24) is 4.90 Å². The van der Waals surface area contributed by atoms with Crippen molar-refractivity contribution in [3.05, 3.63) is 29.8 Å². The number of nitrogens with zero attached hydrogens (tertiary/aromatic N) is 1. The third kappa shape index (κ3) is 4.71. The minimum atomic E-state index is -3.28. The average Bonchev–Trinajstić information content (AvgIpc) is 2.38. The Hall–Kier alpha value is -1.60. The molecule has 1 unspecified atom stereocenters. The van der Waals surface area contributed by atoms with Crippen LogP contribution in [0.25, 0.3) is 0 Å². The summed E-state index contributed by atoms with van der Waals surface area (Å²) in [6.45, 7) is 0.814. The first-order chi connectivity index (χ1) is 9.85. The highest BCUT2D eigenvalue weighted by Gasteiger charge is 2.25. The quantitative estimate of drug-likeness (QED) is 0.863. The Bertz CT molecular complexity index is 598. The molecule has 0 radical (unpaired) electrons. The van der Waals surface area contributed by atoms with E-state index in [9.17, 15) is 13.2 Å². The predicted octanol–water partition coefficient (Wildman–Crippen LogP) is 1.67. The highest BCUT2D eigenvalue weighted by molar-refractivity contribution is 7.92. The number of carbonyl (C=O) groups is 1. The van der Waals surface area contributed by atoms with Crippen LogP contribution in [0.1, 0.15) is 30.9 Å². The van der Waals surface area contributed by atoms with E-state index in [0.29, 0.717) is 5.69 Å². The van der Waals surface area contributed by atoms with E-state index >= 15 is 0 Å². The fourth-order valence-corrected chi connectivity index (χ4v) is 3.28. The molecule has 0 aliphatic carbocycles. The summed E-state index contributed by atoms with van der Waals surface area (Å²) < 4.78 is 24.8. The van der Waals surface area contributed by atoms with Gasteiger partial charge in [0.2, 0.25) is 10.0 Å². The normalized spacial score (nSPS) is 20.1. The van der Waals surface area contributed by atoms with Crippen LogP contribution < -0.4 is 4.72 Å². The third-order valence-electron chi connectivity index (χ3n) is 3.55. The summed E-state index contributed by atoms with van der Waals surface area (Å²) >= 11 is 0. The third-order valence-corrected chi connectivity index (χ3v) is 4.16. The van der Waals surface area contributed by atoms with E-state index in [1.165, 1.54) is 0 Å². The van der Waals surface area contributed by atoms with Gasteiger partial charge < -0.3 is 5.11 Å². The summed E-state index contributed by atoms with van der Waals surface area (Å²) in [4.78, 5) is 12.9. The molecule has 0 bridgehead atoms. The first kappa shape index (κ1) is 15.8. The van der Waals surface area contributed by atoms with Crippen molar-refractivity contribution in [3.8, 4) is 0 Å². The number of rotatable bonds is 5. The Morgan fingerprint density at radius 2 is 2.00 bits per heavy atom. The topological polar surface area (TPSA) is 86.7 Å². The van der Waals surface area contributed by atoms with Crippen LogP contribution in [0.5, 0.6) is 0 Å². The highest BCUT2D eigenvalue weighted by Crippen LogP contribution is 2.31. The maximum absolute atomic E-state index is 11.2. The van der Waals surface area contributed by atoms with Crippen molar-refractivity contribution in [2.45, 2.75) is 25.3 Å². The minimum Gasteiger partial charge on any atom is -0.480 e. The van der Waals surface area contributed by atoms with Crippen LogP contribution in [-0.2, 0) is 14.8 Å². The van der Waals surface area contributed by atoms with Crippen LogP contribution >= 0.6 is 0 Å². The van der Waals surface area contributed by atoms with Crippen molar-refractivity contribution >= 4 is 21.7 Å². The van der Waals surface area contributed by atoms with Crippen molar-refractivity contribution < 1.29 is 18.3 Å². The summed E-state index contributed by atoms with van der Waals surface area (Å²) in [6.07, 6.45) is 4.12. The number of anilines is 1. The molecule has 1 heterocycles. The monoisotopic (exact) mass is 312 g/mol. The van der Waals surface area contributed by atoms with Crippen molar-refractivity contribution in [1.29, 1.82) is 0 Å². The largest absolute Gasteiger partial charge is 0.480 e. The second kappa shape index (κ2) is 6.44. The standard InChI is InChI=1S/C14H20N2O4S/c1-21(19,20)15-12-7-5-11(6-8-12)13-4-2-3-9-16(13)10-14(17)18/h5-8,13,15H,2-4,9-10H2,1H3,(H,17,18). The number of likely N-dealkylation sites (tertiary alicyclic amines) is 1. The number of hydrogen-bond donors (Lipinski definition) is 2. The van der Waals surface area contributed by atoms with Gasteiger partial charge in [0, 0.05) is 11.7 Å². The Morgan fingerprint density at radius 3 is 2.57 bits per heavy atom. The lowest BCUT2D eigenvalue weighted by molar-refractivity contribution is -0.139.